The minimum absolute atomic E-state index is 0.0981. The van der Waals surface area contributed by atoms with E-state index in [1.165, 1.54) is 21.7 Å². The van der Waals surface area contributed by atoms with Crippen LogP contribution in [0, 0.1) is 0 Å². The Bertz CT molecular complexity index is 514. The van der Waals surface area contributed by atoms with Gasteiger partial charge in [0.1, 0.15) is 11.9 Å². The van der Waals surface area contributed by atoms with Crippen molar-refractivity contribution in [2.75, 3.05) is 38.0 Å². The van der Waals surface area contributed by atoms with Crippen molar-refractivity contribution >= 4 is 28.3 Å². The average Bonchev–Trinajstić information content (AvgIpc) is 2.90. The molecule has 2 rings (SSSR count). The van der Waals surface area contributed by atoms with Gasteiger partial charge in [-0.2, -0.15) is 13.2 Å². The molecule has 0 saturated carbocycles. The van der Waals surface area contributed by atoms with Crippen LogP contribution in [0.25, 0.3) is 0 Å². The summed E-state index contributed by atoms with van der Waals surface area (Å²) in [5.41, 5.74) is 1.49. The molecule has 1 aliphatic heterocycles. The first kappa shape index (κ1) is 16.6. The minimum Gasteiger partial charge on any atom is -0.340 e. The largest absolute Gasteiger partial charge is 0.397 e. The van der Waals surface area contributed by atoms with Crippen LogP contribution in [-0.2, 0) is 9.59 Å². The van der Waals surface area contributed by atoms with E-state index < -0.39 is 18.5 Å². The number of carbonyl (C=O) groups is 2. The third-order valence-electron chi connectivity index (χ3n) is 3.05. The van der Waals surface area contributed by atoms with Gasteiger partial charge in [-0.1, -0.05) is 11.3 Å². The Labute approximate surface area is 128 Å². The van der Waals surface area contributed by atoms with Crippen molar-refractivity contribution in [3.8, 4) is 0 Å². The summed E-state index contributed by atoms with van der Waals surface area (Å²) in [4.78, 5) is 26.1. The van der Waals surface area contributed by atoms with Gasteiger partial charge in [0.15, 0.2) is 0 Å². The highest BCUT2D eigenvalue weighted by molar-refractivity contribution is 7.13. The van der Waals surface area contributed by atoms with Gasteiger partial charge in [0.25, 0.3) is 0 Å². The van der Waals surface area contributed by atoms with E-state index in [0.717, 1.165) is 0 Å². The molecule has 0 aliphatic carbocycles. The Morgan fingerprint density at radius 1 is 1.27 bits per heavy atom. The number of amides is 2. The lowest BCUT2D eigenvalue weighted by atomic mass is 10.2. The number of halogens is 3. The molecule has 1 aliphatic rings. The quantitative estimate of drug-likeness (QED) is 0.869. The Kier molecular flexibility index (Phi) is 5.29. The maximum Gasteiger partial charge on any atom is 0.397 e. The third kappa shape index (κ3) is 5.22. The van der Waals surface area contributed by atoms with E-state index in [9.17, 15) is 22.8 Å². The first-order valence-corrected chi connectivity index (χ1v) is 7.34. The van der Waals surface area contributed by atoms with Gasteiger partial charge in [-0.3, -0.25) is 19.8 Å². The molecule has 0 atom stereocenters. The minimum atomic E-state index is -4.49. The average molecular weight is 337 g/mol. The van der Waals surface area contributed by atoms with Crippen LogP contribution in [0.1, 0.15) is 6.42 Å². The van der Waals surface area contributed by atoms with Crippen molar-refractivity contribution < 1.29 is 22.8 Å². The number of hydrogen-bond donors (Lipinski definition) is 1. The molecule has 1 saturated heterocycles. The van der Waals surface area contributed by atoms with E-state index in [4.69, 9.17) is 0 Å². The molecule has 0 bridgehead atoms. The predicted molar refractivity (Wildman–Crippen MR) is 72.2 cm³/mol. The summed E-state index contributed by atoms with van der Waals surface area (Å²) in [5.74, 6) is -1.20. The van der Waals surface area contributed by atoms with Crippen LogP contribution >= 0.6 is 11.3 Å². The summed E-state index contributed by atoms with van der Waals surface area (Å²) in [7, 11) is 0. The van der Waals surface area contributed by atoms with Crippen LogP contribution in [0.3, 0.4) is 0 Å². The summed E-state index contributed by atoms with van der Waals surface area (Å²) in [6.45, 7) is 1.17. The number of nitrogens with zero attached hydrogens (tertiary/aromatic N) is 4. The molecule has 0 radical (unpaired) electrons. The van der Waals surface area contributed by atoms with Crippen LogP contribution in [0.5, 0.6) is 0 Å². The Hall–Kier alpha value is -1.75. The second-order valence-corrected chi connectivity index (χ2v) is 5.57. The number of hydrogen-bond acceptors (Lipinski definition) is 6. The number of nitrogens with one attached hydrogen (secondary N) is 1. The van der Waals surface area contributed by atoms with Crippen molar-refractivity contribution in [2.24, 2.45) is 0 Å². The standard InChI is InChI=1S/C11H14F3N5O2S/c12-11(13,14)5-9(21)19-3-1-18(2-4-19)6-8(20)16-10-17-15-7-22-10/h7H,1-6H2,(H,16,17,20). The maximum atomic E-state index is 12.2. The molecule has 0 spiro atoms. The highest BCUT2D eigenvalue weighted by Gasteiger charge is 2.34. The number of alkyl halides is 3. The maximum absolute atomic E-state index is 12.2. The molecule has 22 heavy (non-hydrogen) atoms. The second kappa shape index (κ2) is 7.01. The van der Waals surface area contributed by atoms with Gasteiger partial charge in [-0.05, 0) is 0 Å². The van der Waals surface area contributed by atoms with Crippen LogP contribution < -0.4 is 5.32 Å². The molecular formula is C11H14F3N5O2S. The Balaban J connectivity index is 1.73. The van der Waals surface area contributed by atoms with Crippen molar-refractivity contribution in [1.29, 1.82) is 0 Å². The van der Waals surface area contributed by atoms with Gasteiger partial charge in [0, 0.05) is 26.2 Å². The summed E-state index contributed by atoms with van der Waals surface area (Å²) >= 11 is 1.19. The zero-order valence-corrected chi connectivity index (χ0v) is 12.3. The Morgan fingerprint density at radius 2 is 1.95 bits per heavy atom. The molecule has 0 unspecified atom stereocenters. The van der Waals surface area contributed by atoms with Gasteiger partial charge in [-0.15, -0.1) is 10.2 Å². The van der Waals surface area contributed by atoms with E-state index in [1.807, 2.05) is 0 Å². The monoisotopic (exact) mass is 337 g/mol. The van der Waals surface area contributed by atoms with Crippen molar-refractivity contribution in [2.45, 2.75) is 12.6 Å². The van der Waals surface area contributed by atoms with E-state index in [1.54, 1.807) is 4.90 Å². The van der Waals surface area contributed by atoms with E-state index in [0.29, 0.717) is 18.2 Å². The van der Waals surface area contributed by atoms with Crippen molar-refractivity contribution in [1.82, 2.24) is 20.0 Å². The van der Waals surface area contributed by atoms with Gasteiger partial charge in [0.05, 0.1) is 6.54 Å². The van der Waals surface area contributed by atoms with E-state index in [-0.39, 0.29) is 25.5 Å². The number of piperazine rings is 1. The molecule has 7 nitrogen and oxygen atoms in total. The van der Waals surface area contributed by atoms with E-state index >= 15 is 0 Å². The summed E-state index contributed by atoms with van der Waals surface area (Å²) in [5, 5.41) is 10.2. The zero-order valence-electron chi connectivity index (χ0n) is 11.5. The van der Waals surface area contributed by atoms with Gasteiger partial charge in [-0.25, -0.2) is 0 Å². The lowest BCUT2D eigenvalue weighted by Crippen LogP contribution is -2.51. The zero-order chi connectivity index (χ0) is 16.2. The lowest BCUT2D eigenvalue weighted by molar-refractivity contribution is -0.162. The molecule has 1 aromatic heterocycles. The molecule has 2 amide bonds. The normalized spacial score (nSPS) is 16.6. The fourth-order valence-corrected chi connectivity index (χ4v) is 2.49. The van der Waals surface area contributed by atoms with Gasteiger partial charge < -0.3 is 4.90 Å². The molecular weight excluding hydrogens is 323 g/mol. The topological polar surface area (TPSA) is 78.4 Å². The first-order chi connectivity index (χ1) is 10.3. The highest BCUT2D eigenvalue weighted by atomic mass is 32.1. The van der Waals surface area contributed by atoms with Crippen LogP contribution in [0.4, 0.5) is 18.3 Å². The summed E-state index contributed by atoms with van der Waals surface area (Å²) < 4.78 is 36.5. The number of anilines is 1. The molecule has 0 aromatic carbocycles. The number of rotatable bonds is 4. The SMILES string of the molecule is O=C(CN1CCN(C(=O)CC(F)(F)F)CC1)Nc1nncs1. The molecule has 11 heteroatoms. The Morgan fingerprint density at radius 3 is 2.50 bits per heavy atom. The molecule has 1 fully saturated rings. The number of aromatic nitrogens is 2. The van der Waals surface area contributed by atoms with Crippen LogP contribution in [-0.4, -0.2) is 70.7 Å². The van der Waals surface area contributed by atoms with Gasteiger partial charge in [0.2, 0.25) is 16.9 Å². The molecule has 2 heterocycles. The van der Waals surface area contributed by atoms with Crippen molar-refractivity contribution in [3.05, 3.63) is 5.51 Å². The third-order valence-corrected chi connectivity index (χ3v) is 3.66. The van der Waals surface area contributed by atoms with Crippen molar-refractivity contribution in [3.63, 3.8) is 0 Å². The molecule has 122 valence electrons. The summed E-state index contributed by atoms with van der Waals surface area (Å²) in [6.07, 6.45) is -5.93. The fraction of sp³-hybridized carbons (Fsp3) is 0.636. The highest BCUT2D eigenvalue weighted by Crippen LogP contribution is 2.21. The lowest BCUT2D eigenvalue weighted by Gasteiger charge is -2.34. The van der Waals surface area contributed by atoms with Gasteiger partial charge >= 0.3 is 6.18 Å². The second-order valence-electron chi connectivity index (χ2n) is 4.74. The van der Waals surface area contributed by atoms with Crippen LogP contribution in [0.2, 0.25) is 0 Å². The number of carbonyl (C=O) groups excluding carboxylic acids is 2. The molecule has 1 aromatic rings. The summed E-state index contributed by atoms with van der Waals surface area (Å²) in [6, 6.07) is 0. The smallest absolute Gasteiger partial charge is 0.340 e. The molecule has 1 N–H and O–H groups in total. The van der Waals surface area contributed by atoms with E-state index in [2.05, 4.69) is 15.5 Å². The fourth-order valence-electron chi connectivity index (χ4n) is 2.03. The predicted octanol–water partition coefficient (Wildman–Crippen LogP) is 0.573. The van der Waals surface area contributed by atoms with Crippen LogP contribution in [0.15, 0.2) is 5.51 Å². The first-order valence-electron chi connectivity index (χ1n) is 6.46.